The molecule has 2 aliphatic rings. The molecule has 33 heavy (non-hydrogen) atoms. The summed E-state index contributed by atoms with van der Waals surface area (Å²) < 4.78 is 31.7. The van der Waals surface area contributed by atoms with E-state index in [2.05, 4.69) is 22.0 Å². The van der Waals surface area contributed by atoms with E-state index in [0.717, 1.165) is 16.2 Å². The summed E-state index contributed by atoms with van der Waals surface area (Å²) in [4.78, 5) is 50.1. The maximum absolute atomic E-state index is 12.4. The lowest BCUT2D eigenvalue weighted by molar-refractivity contribution is -0.192. The molecule has 2 amide bonds. The number of carboxylic acids is 2. The molecule has 2 atom stereocenters. The molecule has 1 saturated heterocycles. The molecule has 0 unspecified atom stereocenters. The molecule has 12 nitrogen and oxygen atoms in total. The normalized spacial score (nSPS) is 20.2. The van der Waals surface area contributed by atoms with E-state index in [-0.39, 0.29) is 22.2 Å². The first-order valence-corrected chi connectivity index (χ1v) is 10.3. The number of anilines is 1. The molecule has 1 aromatic heterocycles. The molecule has 0 aromatic carbocycles. The lowest BCUT2D eigenvalue weighted by atomic mass is 10.0. The van der Waals surface area contributed by atoms with Crippen LogP contribution in [0.25, 0.3) is 0 Å². The molecule has 0 spiro atoms. The number of carbonyl (C=O) groups excluding carboxylic acids is 2. The summed E-state index contributed by atoms with van der Waals surface area (Å²) in [5.41, 5.74) is 5.49. The van der Waals surface area contributed by atoms with Gasteiger partial charge in [-0.3, -0.25) is 14.5 Å². The smallest absolute Gasteiger partial charge is 0.477 e. The number of β-lactam (4-membered cyclic amide) rings is 1. The highest BCUT2D eigenvalue weighted by Gasteiger charge is 2.54. The number of alkyl halides is 3. The van der Waals surface area contributed by atoms with Gasteiger partial charge in [0.15, 0.2) is 10.8 Å². The van der Waals surface area contributed by atoms with Crippen LogP contribution in [0.15, 0.2) is 34.5 Å². The van der Waals surface area contributed by atoms with Crippen molar-refractivity contribution in [2.24, 2.45) is 5.16 Å². The van der Waals surface area contributed by atoms with Crippen LogP contribution >= 0.6 is 23.1 Å². The maximum atomic E-state index is 12.4. The zero-order valence-corrected chi connectivity index (χ0v) is 17.7. The highest BCUT2D eigenvalue weighted by molar-refractivity contribution is 8.00. The predicted octanol–water partition coefficient (Wildman–Crippen LogP) is 0.462. The summed E-state index contributed by atoms with van der Waals surface area (Å²) in [5.74, 6) is -5.03. The van der Waals surface area contributed by atoms with Crippen LogP contribution in [0.2, 0.25) is 0 Å². The monoisotopic (exact) mass is 509 g/mol. The van der Waals surface area contributed by atoms with Gasteiger partial charge >= 0.3 is 18.1 Å². The molecule has 1 aromatic rings. The fourth-order valence-corrected chi connectivity index (χ4v) is 4.51. The summed E-state index contributed by atoms with van der Waals surface area (Å²) in [6, 6.07) is -0.944. The average Bonchev–Trinajstić information content (AvgIpc) is 3.16. The molecular formula is C16H14F3N5O7S2. The number of carbonyl (C=O) groups is 4. The topological polar surface area (TPSA) is 196 Å². The van der Waals surface area contributed by atoms with E-state index in [0.29, 0.717) is 11.3 Å². The first kappa shape index (κ1) is 25.7. The van der Waals surface area contributed by atoms with E-state index in [1.165, 1.54) is 23.2 Å². The van der Waals surface area contributed by atoms with Gasteiger partial charge in [0.05, 0.1) is 0 Å². The average molecular weight is 509 g/mol. The number of halogens is 3. The molecule has 0 bridgehead atoms. The third-order valence-corrected chi connectivity index (χ3v) is 6.03. The Kier molecular flexibility index (Phi) is 7.70. The Morgan fingerprint density at radius 1 is 1.36 bits per heavy atom. The Bertz CT molecular complexity index is 1070. The standard InChI is InChI=1S/C14H13N5O5S2.C2HF3O2/c1-2-5-3-25-12-8(11(21)19(12)9(5)13(22)23)17-10(20)7(18-24)6-4-26-14(15)16-6;3-2(4,5)1(6)7/h2,4,8,12,24H,1,3H2,(H2,15,16)(H,17,20)(H,22,23);(H,6,7)/b18-7-;/t8-,12+;/m1./s1. The Labute approximate surface area is 190 Å². The first-order valence-electron chi connectivity index (χ1n) is 8.41. The second-order valence-corrected chi connectivity index (χ2v) is 8.06. The minimum absolute atomic E-state index is 0.0764. The molecule has 0 radical (unpaired) electrons. The second-order valence-electron chi connectivity index (χ2n) is 6.07. The summed E-state index contributed by atoms with van der Waals surface area (Å²) >= 11 is 2.37. The predicted molar refractivity (Wildman–Crippen MR) is 108 cm³/mol. The Hall–Kier alpha value is -3.60. The molecule has 3 rings (SSSR count). The largest absolute Gasteiger partial charge is 0.490 e. The lowest BCUT2D eigenvalue weighted by Gasteiger charge is -2.49. The number of thioether (sulfide) groups is 1. The van der Waals surface area contributed by atoms with Crippen LogP contribution in [0, 0.1) is 0 Å². The number of allylic oxidation sites excluding steroid dienone is 1. The number of aliphatic carboxylic acids is 2. The number of aromatic nitrogens is 1. The molecule has 0 saturated carbocycles. The number of hydrogen-bond donors (Lipinski definition) is 5. The fraction of sp³-hybridized carbons (Fsp3) is 0.250. The van der Waals surface area contributed by atoms with Crippen molar-refractivity contribution < 1.29 is 47.8 Å². The van der Waals surface area contributed by atoms with E-state index in [1.54, 1.807) is 0 Å². The molecule has 17 heteroatoms. The molecule has 6 N–H and O–H groups in total. The Morgan fingerprint density at radius 2 is 1.97 bits per heavy atom. The van der Waals surface area contributed by atoms with Crippen molar-refractivity contribution in [3.63, 3.8) is 0 Å². The lowest BCUT2D eigenvalue weighted by Crippen LogP contribution is -2.71. The van der Waals surface area contributed by atoms with Gasteiger partial charge in [0.1, 0.15) is 22.8 Å². The van der Waals surface area contributed by atoms with Crippen molar-refractivity contribution in [2.45, 2.75) is 17.6 Å². The van der Waals surface area contributed by atoms with Crippen molar-refractivity contribution in [1.29, 1.82) is 0 Å². The number of nitrogens with zero attached hydrogens (tertiary/aromatic N) is 3. The van der Waals surface area contributed by atoms with Gasteiger partial charge in [-0.25, -0.2) is 14.6 Å². The van der Waals surface area contributed by atoms with Gasteiger partial charge in [0.25, 0.3) is 11.8 Å². The Balaban J connectivity index is 0.000000479. The molecule has 2 aliphatic heterocycles. The van der Waals surface area contributed by atoms with Crippen molar-refractivity contribution in [3.8, 4) is 0 Å². The number of nitrogens with one attached hydrogen (secondary N) is 1. The van der Waals surface area contributed by atoms with Crippen LogP contribution in [0.1, 0.15) is 5.69 Å². The van der Waals surface area contributed by atoms with E-state index in [4.69, 9.17) is 20.8 Å². The molecule has 3 heterocycles. The van der Waals surface area contributed by atoms with Crippen molar-refractivity contribution in [1.82, 2.24) is 15.2 Å². The summed E-state index contributed by atoms with van der Waals surface area (Å²) in [5, 5.41) is 32.0. The van der Waals surface area contributed by atoms with Crippen LogP contribution in [0.5, 0.6) is 0 Å². The van der Waals surface area contributed by atoms with E-state index in [9.17, 15) is 32.7 Å². The Morgan fingerprint density at radius 3 is 2.39 bits per heavy atom. The van der Waals surface area contributed by atoms with E-state index >= 15 is 0 Å². The number of carboxylic acid groups (broad SMARTS) is 2. The third-order valence-electron chi connectivity index (χ3n) is 4.06. The van der Waals surface area contributed by atoms with Crippen molar-refractivity contribution in [2.75, 3.05) is 11.5 Å². The number of nitrogen functional groups attached to an aromatic ring is 1. The zero-order chi connectivity index (χ0) is 25.1. The van der Waals surface area contributed by atoms with Gasteiger partial charge in [-0.1, -0.05) is 17.8 Å². The number of fused-ring (bicyclic) bond motifs is 1. The van der Waals surface area contributed by atoms with E-state index in [1.807, 2.05) is 0 Å². The van der Waals surface area contributed by atoms with Crippen molar-refractivity contribution >= 4 is 57.7 Å². The van der Waals surface area contributed by atoms with Crippen LogP contribution in [-0.4, -0.2) is 78.1 Å². The summed E-state index contributed by atoms with van der Waals surface area (Å²) in [6.07, 6.45) is -3.69. The van der Waals surface area contributed by atoms with Gasteiger partial charge in [0.2, 0.25) is 0 Å². The van der Waals surface area contributed by atoms with Crippen LogP contribution in [0.3, 0.4) is 0 Å². The van der Waals surface area contributed by atoms with Gasteiger partial charge in [-0.15, -0.1) is 23.1 Å². The zero-order valence-electron chi connectivity index (χ0n) is 16.1. The van der Waals surface area contributed by atoms with Crippen molar-refractivity contribution in [3.05, 3.63) is 35.0 Å². The fourth-order valence-electron chi connectivity index (χ4n) is 2.62. The van der Waals surface area contributed by atoms with E-state index < -0.39 is 41.3 Å². The minimum Gasteiger partial charge on any atom is -0.477 e. The summed E-state index contributed by atoms with van der Waals surface area (Å²) in [7, 11) is 0. The highest BCUT2D eigenvalue weighted by Crippen LogP contribution is 2.40. The number of amides is 2. The third kappa shape index (κ3) is 5.43. The van der Waals surface area contributed by atoms with Crippen LogP contribution in [-0.2, 0) is 19.2 Å². The number of nitrogens with two attached hydrogens (primary N) is 1. The minimum atomic E-state index is -5.08. The van der Waals surface area contributed by atoms with Gasteiger partial charge in [-0.05, 0) is 5.57 Å². The van der Waals surface area contributed by atoms with Gasteiger partial charge < -0.3 is 26.5 Å². The highest BCUT2D eigenvalue weighted by atomic mass is 32.2. The summed E-state index contributed by atoms with van der Waals surface area (Å²) in [6.45, 7) is 3.56. The molecule has 1 fully saturated rings. The second kappa shape index (κ2) is 9.90. The molecule has 0 aliphatic carbocycles. The number of thiazole rings is 1. The number of rotatable bonds is 5. The quantitative estimate of drug-likeness (QED) is 0.161. The van der Waals surface area contributed by atoms with Crippen LogP contribution < -0.4 is 11.1 Å². The van der Waals surface area contributed by atoms with Crippen LogP contribution in [0.4, 0.5) is 18.3 Å². The first-order chi connectivity index (χ1) is 15.3. The van der Waals surface area contributed by atoms with Gasteiger partial charge in [0, 0.05) is 11.1 Å². The maximum Gasteiger partial charge on any atom is 0.490 e. The molecular weight excluding hydrogens is 495 g/mol. The number of oxime groups is 1. The molecule has 178 valence electrons. The number of hydrogen-bond acceptors (Lipinski definition) is 10. The SMILES string of the molecule is C=CC1=C(C(=O)O)N2C(=O)[C@@H](NC(=O)/C(=N\O)c3csc(N)n3)[C@@H]2SC1.O=C(O)C(F)(F)F. The van der Waals surface area contributed by atoms with Gasteiger partial charge in [-0.2, -0.15) is 13.2 Å².